The maximum Gasteiger partial charge on any atom is 0.108 e. The number of para-hydroxylation sites is 1. The van der Waals surface area contributed by atoms with Crippen molar-refractivity contribution in [2.24, 2.45) is 11.8 Å². The van der Waals surface area contributed by atoms with Crippen LogP contribution < -0.4 is 5.32 Å². The van der Waals surface area contributed by atoms with Crippen molar-refractivity contribution in [2.75, 3.05) is 13.2 Å². The van der Waals surface area contributed by atoms with Gasteiger partial charge in [-0.3, -0.25) is 0 Å². The van der Waals surface area contributed by atoms with E-state index in [4.69, 9.17) is 0 Å². The summed E-state index contributed by atoms with van der Waals surface area (Å²) in [6.07, 6.45) is 5.02. The minimum atomic E-state index is 0.341. The molecule has 1 aliphatic carbocycles. The number of aliphatic hydroxyl groups excluding tert-OH is 1. The van der Waals surface area contributed by atoms with E-state index < -0.39 is 0 Å². The van der Waals surface area contributed by atoms with Crippen molar-refractivity contribution in [2.45, 2.75) is 32.2 Å². The lowest BCUT2D eigenvalue weighted by Crippen LogP contribution is -2.32. The molecule has 108 valence electrons. The Labute approximate surface area is 124 Å². The van der Waals surface area contributed by atoms with E-state index in [1.54, 1.807) is 11.3 Å². The first-order valence-corrected chi connectivity index (χ1v) is 8.34. The van der Waals surface area contributed by atoms with Crippen LogP contribution in [0.3, 0.4) is 0 Å². The van der Waals surface area contributed by atoms with Crippen LogP contribution in [-0.2, 0) is 6.54 Å². The second-order valence-electron chi connectivity index (χ2n) is 5.69. The van der Waals surface area contributed by atoms with Crippen molar-refractivity contribution in [3.63, 3.8) is 0 Å². The van der Waals surface area contributed by atoms with Crippen LogP contribution in [0.15, 0.2) is 24.3 Å². The highest BCUT2D eigenvalue weighted by Gasteiger charge is 2.23. The van der Waals surface area contributed by atoms with Gasteiger partial charge in [0.25, 0.3) is 0 Å². The molecule has 1 aliphatic rings. The van der Waals surface area contributed by atoms with Crippen LogP contribution in [0.25, 0.3) is 10.2 Å². The van der Waals surface area contributed by atoms with Crippen LogP contribution in [0, 0.1) is 11.8 Å². The molecule has 0 radical (unpaired) electrons. The van der Waals surface area contributed by atoms with E-state index in [1.807, 2.05) is 6.07 Å². The number of thiazole rings is 1. The predicted molar refractivity (Wildman–Crippen MR) is 83.9 cm³/mol. The summed E-state index contributed by atoms with van der Waals surface area (Å²) in [4.78, 5) is 4.64. The third-order valence-electron chi connectivity index (χ3n) is 4.32. The molecule has 2 unspecified atom stereocenters. The maximum atomic E-state index is 9.44. The zero-order valence-corrected chi connectivity index (χ0v) is 12.5. The van der Waals surface area contributed by atoms with Crippen molar-refractivity contribution < 1.29 is 5.11 Å². The number of nitrogens with zero attached hydrogens (tertiary/aromatic N) is 1. The van der Waals surface area contributed by atoms with Crippen molar-refractivity contribution in [1.29, 1.82) is 0 Å². The normalized spacial score (nSPS) is 23.2. The molecule has 0 bridgehead atoms. The number of rotatable bonds is 5. The minimum Gasteiger partial charge on any atom is -0.396 e. The Bertz CT molecular complexity index is 521. The highest BCUT2D eigenvalue weighted by Crippen LogP contribution is 2.29. The molecule has 0 saturated heterocycles. The lowest BCUT2D eigenvalue weighted by Gasteiger charge is -2.30. The fourth-order valence-corrected chi connectivity index (χ4v) is 4.09. The summed E-state index contributed by atoms with van der Waals surface area (Å²) in [5.74, 6) is 1.12. The molecule has 3 rings (SSSR count). The van der Waals surface area contributed by atoms with E-state index in [9.17, 15) is 5.11 Å². The van der Waals surface area contributed by atoms with Gasteiger partial charge < -0.3 is 10.4 Å². The number of nitrogens with one attached hydrogen (secondary N) is 1. The molecule has 2 aromatic rings. The average molecular weight is 290 g/mol. The summed E-state index contributed by atoms with van der Waals surface area (Å²) >= 11 is 1.77. The van der Waals surface area contributed by atoms with Crippen LogP contribution in [0.1, 0.15) is 30.7 Å². The van der Waals surface area contributed by atoms with E-state index in [0.29, 0.717) is 18.4 Å². The number of aliphatic hydroxyl groups is 1. The molecule has 1 aromatic heterocycles. The lowest BCUT2D eigenvalue weighted by atomic mass is 9.79. The van der Waals surface area contributed by atoms with Gasteiger partial charge in [0.1, 0.15) is 5.01 Å². The van der Waals surface area contributed by atoms with E-state index in [2.05, 4.69) is 28.5 Å². The van der Waals surface area contributed by atoms with Crippen molar-refractivity contribution >= 4 is 21.6 Å². The molecule has 20 heavy (non-hydrogen) atoms. The van der Waals surface area contributed by atoms with E-state index in [0.717, 1.165) is 23.6 Å². The number of aromatic nitrogens is 1. The molecule has 1 heterocycles. The molecule has 0 spiro atoms. The second kappa shape index (κ2) is 6.66. The zero-order valence-electron chi connectivity index (χ0n) is 11.7. The smallest absolute Gasteiger partial charge is 0.108 e. The van der Waals surface area contributed by atoms with E-state index >= 15 is 0 Å². The summed E-state index contributed by atoms with van der Waals surface area (Å²) in [5.41, 5.74) is 1.10. The second-order valence-corrected chi connectivity index (χ2v) is 6.81. The van der Waals surface area contributed by atoms with Gasteiger partial charge in [-0.05, 0) is 43.4 Å². The molecule has 1 saturated carbocycles. The van der Waals surface area contributed by atoms with Crippen LogP contribution in [0.4, 0.5) is 0 Å². The molecule has 1 aromatic carbocycles. The van der Waals surface area contributed by atoms with Crippen molar-refractivity contribution in [1.82, 2.24) is 10.3 Å². The third-order valence-corrected chi connectivity index (χ3v) is 5.36. The number of fused-ring (bicyclic) bond motifs is 1. The van der Waals surface area contributed by atoms with Gasteiger partial charge in [0.15, 0.2) is 0 Å². The molecule has 2 N–H and O–H groups in total. The summed E-state index contributed by atoms with van der Waals surface area (Å²) < 4.78 is 1.26. The SMILES string of the molecule is OCC1CCCCC1CNCc1nc2ccccc2s1. The number of benzene rings is 1. The van der Waals surface area contributed by atoms with Gasteiger partial charge in [0.2, 0.25) is 0 Å². The molecular weight excluding hydrogens is 268 g/mol. The van der Waals surface area contributed by atoms with Crippen LogP contribution in [0.5, 0.6) is 0 Å². The van der Waals surface area contributed by atoms with Crippen LogP contribution >= 0.6 is 11.3 Å². The van der Waals surface area contributed by atoms with Crippen LogP contribution in [0.2, 0.25) is 0 Å². The van der Waals surface area contributed by atoms with E-state index in [1.165, 1.54) is 30.4 Å². The fourth-order valence-electron chi connectivity index (χ4n) is 3.15. The average Bonchev–Trinajstić information content (AvgIpc) is 2.90. The van der Waals surface area contributed by atoms with Crippen molar-refractivity contribution in [3.8, 4) is 0 Å². The van der Waals surface area contributed by atoms with Gasteiger partial charge in [-0.25, -0.2) is 4.98 Å². The Morgan fingerprint density at radius 1 is 1.20 bits per heavy atom. The Kier molecular flexibility index (Phi) is 4.65. The Hall–Kier alpha value is -0.970. The first-order valence-electron chi connectivity index (χ1n) is 7.53. The highest BCUT2D eigenvalue weighted by atomic mass is 32.1. The summed E-state index contributed by atoms with van der Waals surface area (Å²) in [7, 11) is 0. The quantitative estimate of drug-likeness (QED) is 0.889. The Morgan fingerprint density at radius 3 is 2.80 bits per heavy atom. The molecule has 2 atom stereocenters. The van der Waals surface area contributed by atoms with Gasteiger partial charge >= 0.3 is 0 Å². The summed E-state index contributed by atoms with van der Waals surface area (Å²) in [6, 6.07) is 8.29. The molecule has 1 fully saturated rings. The highest BCUT2D eigenvalue weighted by molar-refractivity contribution is 7.18. The van der Waals surface area contributed by atoms with Crippen molar-refractivity contribution in [3.05, 3.63) is 29.3 Å². The number of hydrogen-bond donors (Lipinski definition) is 2. The van der Waals surface area contributed by atoms with Gasteiger partial charge in [0.05, 0.1) is 10.2 Å². The Morgan fingerprint density at radius 2 is 2.00 bits per heavy atom. The number of hydrogen-bond acceptors (Lipinski definition) is 4. The Balaban J connectivity index is 1.54. The standard InChI is InChI=1S/C16H22N2OS/c19-11-13-6-2-1-5-12(13)9-17-10-16-18-14-7-3-4-8-15(14)20-16/h3-4,7-8,12-13,17,19H,1-2,5-6,9-11H2. The minimum absolute atomic E-state index is 0.341. The largest absolute Gasteiger partial charge is 0.396 e. The topological polar surface area (TPSA) is 45.1 Å². The monoisotopic (exact) mass is 290 g/mol. The summed E-state index contributed by atoms with van der Waals surface area (Å²) in [6.45, 7) is 2.18. The molecule has 0 amide bonds. The van der Waals surface area contributed by atoms with Gasteiger partial charge in [-0.1, -0.05) is 25.0 Å². The molecule has 3 nitrogen and oxygen atoms in total. The zero-order chi connectivity index (χ0) is 13.8. The molecular formula is C16H22N2OS. The fraction of sp³-hybridized carbons (Fsp3) is 0.562. The first kappa shape index (κ1) is 14.0. The predicted octanol–water partition coefficient (Wildman–Crippen LogP) is 3.18. The lowest BCUT2D eigenvalue weighted by molar-refractivity contribution is 0.133. The van der Waals surface area contributed by atoms with Gasteiger partial charge in [-0.2, -0.15) is 0 Å². The van der Waals surface area contributed by atoms with E-state index in [-0.39, 0.29) is 0 Å². The van der Waals surface area contributed by atoms with Gasteiger partial charge in [0, 0.05) is 13.2 Å². The molecule has 0 aliphatic heterocycles. The third kappa shape index (κ3) is 3.19. The maximum absolute atomic E-state index is 9.44. The first-order chi connectivity index (χ1) is 9.86. The molecule has 4 heteroatoms. The van der Waals surface area contributed by atoms with Gasteiger partial charge in [-0.15, -0.1) is 11.3 Å². The van der Waals surface area contributed by atoms with Crippen LogP contribution in [-0.4, -0.2) is 23.2 Å². The summed E-state index contributed by atoms with van der Waals surface area (Å²) in [5, 5.41) is 14.1.